The molecule has 178 valence electrons. The SMILES string of the molecule is COc1cccnc1CC(=O)C1CN(c2cc(C)c3c(=O)c(C(=O)O)cn(-c4ncns4)c3n2)C1. The van der Waals surface area contributed by atoms with E-state index < -0.39 is 11.4 Å². The van der Waals surface area contributed by atoms with Gasteiger partial charge in [0.2, 0.25) is 10.6 Å². The molecule has 1 saturated heterocycles. The van der Waals surface area contributed by atoms with Gasteiger partial charge in [0.25, 0.3) is 0 Å². The number of Topliss-reactive ketones (excluding diaryl/α,β-unsaturated/α-hetero) is 1. The Bertz CT molecular complexity index is 1510. The van der Waals surface area contributed by atoms with Gasteiger partial charge in [-0.2, -0.15) is 4.37 Å². The molecule has 1 fully saturated rings. The molecule has 0 aromatic carbocycles. The van der Waals surface area contributed by atoms with Crippen LogP contribution in [0.25, 0.3) is 16.2 Å². The topological polar surface area (TPSA) is 140 Å². The molecule has 0 radical (unpaired) electrons. The van der Waals surface area contributed by atoms with Crippen molar-refractivity contribution in [1.82, 2.24) is 23.9 Å². The van der Waals surface area contributed by atoms with Crippen molar-refractivity contribution in [3.63, 3.8) is 0 Å². The zero-order valence-corrected chi connectivity index (χ0v) is 19.7. The Hall–Kier alpha value is -4.19. The fourth-order valence-corrected chi connectivity index (χ4v) is 4.64. The van der Waals surface area contributed by atoms with Crippen molar-refractivity contribution < 1.29 is 19.4 Å². The minimum atomic E-state index is -1.33. The van der Waals surface area contributed by atoms with Crippen LogP contribution in [0.4, 0.5) is 5.82 Å². The van der Waals surface area contributed by atoms with E-state index in [1.165, 1.54) is 17.1 Å². The number of carbonyl (C=O) groups excluding carboxylic acids is 1. The summed E-state index contributed by atoms with van der Waals surface area (Å²) in [6.45, 7) is 2.69. The molecule has 12 heteroatoms. The van der Waals surface area contributed by atoms with Crippen molar-refractivity contribution in [3.05, 3.63) is 64.0 Å². The number of ether oxygens (including phenoxy) is 1. The predicted octanol–water partition coefficient (Wildman–Crippen LogP) is 1.90. The van der Waals surface area contributed by atoms with Crippen LogP contribution >= 0.6 is 11.5 Å². The Labute approximate surface area is 202 Å². The van der Waals surface area contributed by atoms with Gasteiger partial charge in [-0.3, -0.25) is 19.1 Å². The first-order chi connectivity index (χ1) is 16.9. The molecular formula is C23H20N6O5S. The number of anilines is 1. The number of aromatic nitrogens is 5. The number of carboxylic acids is 1. The molecule has 35 heavy (non-hydrogen) atoms. The summed E-state index contributed by atoms with van der Waals surface area (Å²) < 4.78 is 10.7. The summed E-state index contributed by atoms with van der Waals surface area (Å²) in [5.41, 5.74) is 0.508. The van der Waals surface area contributed by atoms with E-state index in [1.807, 2.05) is 4.90 Å². The Morgan fingerprint density at radius 1 is 1.29 bits per heavy atom. The number of fused-ring (bicyclic) bond motifs is 1. The molecule has 4 aromatic heterocycles. The molecule has 11 nitrogen and oxygen atoms in total. The zero-order chi connectivity index (χ0) is 24.7. The van der Waals surface area contributed by atoms with Gasteiger partial charge in [-0.25, -0.2) is 14.8 Å². The normalized spacial score (nSPS) is 13.6. The highest BCUT2D eigenvalue weighted by atomic mass is 32.1. The van der Waals surface area contributed by atoms with Crippen molar-refractivity contribution in [2.75, 3.05) is 25.1 Å². The third kappa shape index (κ3) is 4.01. The first kappa shape index (κ1) is 22.6. The lowest BCUT2D eigenvalue weighted by Gasteiger charge is -2.39. The number of methoxy groups -OCH3 is 1. The molecule has 0 atom stereocenters. The average Bonchev–Trinajstić information content (AvgIpc) is 3.33. The van der Waals surface area contributed by atoms with Gasteiger partial charge in [0.15, 0.2) is 5.65 Å². The van der Waals surface area contributed by atoms with Crippen LogP contribution in [0.15, 0.2) is 41.7 Å². The van der Waals surface area contributed by atoms with Crippen LogP contribution in [0.3, 0.4) is 0 Å². The second-order valence-corrected chi connectivity index (χ2v) is 8.92. The molecule has 1 N–H and O–H groups in total. The third-order valence-electron chi connectivity index (χ3n) is 6.00. The van der Waals surface area contributed by atoms with Crippen LogP contribution in [-0.2, 0) is 11.2 Å². The van der Waals surface area contributed by atoms with Gasteiger partial charge >= 0.3 is 5.97 Å². The van der Waals surface area contributed by atoms with E-state index in [9.17, 15) is 19.5 Å². The quantitative estimate of drug-likeness (QED) is 0.407. The lowest BCUT2D eigenvalue weighted by molar-refractivity contribution is -0.123. The molecule has 4 aromatic rings. The van der Waals surface area contributed by atoms with E-state index in [4.69, 9.17) is 4.74 Å². The van der Waals surface area contributed by atoms with Crippen molar-refractivity contribution in [2.45, 2.75) is 13.3 Å². The van der Waals surface area contributed by atoms with Gasteiger partial charge in [0.1, 0.15) is 29.2 Å². The molecule has 0 saturated carbocycles. The minimum absolute atomic E-state index is 0.0626. The van der Waals surface area contributed by atoms with Gasteiger partial charge < -0.3 is 14.7 Å². The number of aromatic carboxylic acids is 1. The van der Waals surface area contributed by atoms with Crippen LogP contribution in [-0.4, -0.2) is 61.0 Å². The van der Waals surface area contributed by atoms with Crippen LogP contribution < -0.4 is 15.1 Å². The van der Waals surface area contributed by atoms with Crippen LogP contribution in [0.2, 0.25) is 0 Å². The third-order valence-corrected chi connectivity index (χ3v) is 6.66. The van der Waals surface area contributed by atoms with Crippen molar-refractivity contribution in [3.8, 4) is 10.9 Å². The number of pyridine rings is 3. The van der Waals surface area contributed by atoms with Crippen LogP contribution in [0, 0.1) is 12.8 Å². The molecule has 5 rings (SSSR count). The fraction of sp³-hybridized carbons (Fsp3) is 0.261. The standard InChI is InChI=1S/C23H20N6O5S/c1-12-6-18(28-8-13(9-28)16(30)7-15-17(34-2)4-3-5-24-15)27-21-19(12)20(31)14(22(32)33)10-29(21)23-25-11-26-35-23/h3-6,10-11,13H,7-9H2,1-2H3,(H,32,33). The molecule has 1 aliphatic heterocycles. The lowest BCUT2D eigenvalue weighted by atomic mass is 9.92. The number of carboxylic acid groups (broad SMARTS) is 1. The summed E-state index contributed by atoms with van der Waals surface area (Å²) in [6, 6.07) is 5.27. The number of ketones is 1. The Morgan fingerprint density at radius 3 is 2.77 bits per heavy atom. The average molecular weight is 493 g/mol. The molecule has 0 bridgehead atoms. The maximum atomic E-state index is 12.9. The van der Waals surface area contributed by atoms with E-state index in [2.05, 4.69) is 19.3 Å². The molecule has 0 spiro atoms. The van der Waals surface area contributed by atoms with Crippen molar-refractivity contribution >= 4 is 40.1 Å². The Morgan fingerprint density at radius 2 is 2.09 bits per heavy atom. The van der Waals surface area contributed by atoms with Gasteiger partial charge in [0.05, 0.1) is 30.5 Å². The number of hydrogen-bond donors (Lipinski definition) is 1. The van der Waals surface area contributed by atoms with Crippen LogP contribution in [0.1, 0.15) is 21.6 Å². The highest BCUT2D eigenvalue weighted by molar-refractivity contribution is 7.08. The molecule has 1 aliphatic rings. The van der Waals surface area contributed by atoms with Gasteiger partial charge in [-0.15, -0.1) is 0 Å². The summed E-state index contributed by atoms with van der Waals surface area (Å²) in [5.74, 6) is -0.270. The number of aryl methyl sites for hydroxylation is 1. The van der Waals surface area contributed by atoms with E-state index in [0.717, 1.165) is 11.5 Å². The molecule has 0 aliphatic carbocycles. The monoisotopic (exact) mass is 492 g/mol. The second kappa shape index (κ2) is 8.87. The smallest absolute Gasteiger partial charge is 0.341 e. The Kier molecular flexibility index (Phi) is 5.73. The van der Waals surface area contributed by atoms with E-state index in [1.54, 1.807) is 38.4 Å². The number of nitrogens with zero attached hydrogens (tertiary/aromatic N) is 6. The highest BCUT2D eigenvalue weighted by Crippen LogP contribution is 2.29. The molecule has 5 heterocycles. The maximum Gasteiger partial charge on any atom is 0.341 e. The maximum absolute atomic E-state index is 12.9. The van der Waals surface area contributed by atoms with Crippen molar-refractivity contribution in [2.24, 2.45) is 5.92 Å². The largest absolute Gasteiger partial charge is 0.495 e. The van der Waals surface area contributed by atoms with Gasteiger partial charge in [0, 0.05) is 37.0 Å². The van der Waals surface area contributed by atoms with Gasteiger partial charge in [-0.1, -0.05) is 0 Å². The Balaban J connectivity index is 1.45. The summed E-state index contributed by atoms with van der Waals surface area (Å²) in [7, 11) is 1.55. The van der Waals surface area contributed by atoms with Gasteiger partial charge in [-0.05, 0) is 30.7 Å². The highest BCUT2D eigenvalue weighted by Gasteiger charge is 2.34. The summed E-state index contributed by atoms with van der Waals surface area (Å²) in [6.07, 6.45) is 4.39. The minimum Gasteiger partial charge on any atom is -0.495 e. The van der Waals surface area contributed by atoms with E-state index in [-0.39, 0.29) is 29.1 Å². The molecule has 0 amide bonds. The lowest BCUT2D eigenvalue weighted by Crippen LogP contribution is -2.51. The fourth-order valence-electron chi connectivity index (χ4n) is 4.13. The number of rotatable bonds is 7. The first-order valence-corrected chi connectivity index (χ1v) is 11.5. The van der Waals surface area contributed by atoms with E-state index in [0.29, 0.717) is 46.7 Å². The summed E-state index contributed by atoms with van der Waals surface area (Å²) in [5, 5.41) is 10.1. The molecular weight excluding hydrogens is 472 g/mol. The zero-order valence-electron chi connectivity index (χ0n) is 18.8. The molecule has 0 unspecified atom stereocenters. The predicted molar refractivity (Wildman–Crippen MR) is 128 cm³/mol. The first-order valence-electron chi connectivity index (χ1n) is 10.7. The summed E-state index contributed by atoms with van der Waals surface area (Å²) >= 11 is 1.06. The van der Waals surface area contributed by atoms with Crippen molar-refractivity contribution in [1.29, 1.82) is 0 Å². The van der Waals surface area contributed by atoms with E-state index >= 15 is 0 Å². The number of hydrogen-bond acceptors (Lipinski definition) is 10. The summed E-state index contributed by atoms with van der Waals surface area (Å²) in [4.78, 5) is 52.4. The second-order valence-electron chi connectivity index (χ2n) is 8.16. The van der Waals surface area contributed by atoms with Crippen LogP contribution in [0.5, 0.6) is 5.75 Å². The number of carbonyl (C=O) groups is 2.